The van der Waals surface area contributed by atoms with E-state index < -0.39 is 9.84 Å². The van der Waals surface area contributed by atoms with E-state index in [0.29, 0.717) is 18.9 Å². The molecule has 1 N–H and O–H groups in total. The van der Waals surface area contributed by atoms with E-state index in [9.17, 15) is 8.42 Å². The van der Waals surface area contributed by atoms with Crippen LogP contribution in [0.5, 0.6) is 0 Å². The van der Waals surface area contributed by atoms with Gasteiger partial charge in [-0.1, -0.05) is 6.07 Å². The molecule has 2 heterocycles. The highest BCUT2D eigenvalue weighted by molar-refractivity contribution is 7.90. The molecule has 0 saturated carbocycles. The number of sulfone groups is 1. The van der Waals surface area contributed by atoms with Crippen LogP contribution in [0.3, 0.4) is 0 Å². The average Bonchev–Trinajstić information content (AvgIpc) is 2.68. The molecule has 0 atom stereocenters. The molecular weight excluding hydrogens is 252 g/mol. The smallest absolute Gasteiger partial charge is 0.243 e. The number of fused-ring (bicyclic) bond motifs is 1. The second kappa shape index (κ2) is 4.93. The molecular formula is C11H16N4O2S. The Morgan fingerprint density at radius 2 is 2.17 bits per heavy atom. The van der Waals surface area contributed by atoms with Crippen LogP contribution >= 0.6 is 0 Å². The third-order valence-electron chi connectivity index (χ3n) is 2.52. The first-order valence-corrected chi connectivity index (χ1v) is 7.76. The van der Waals surface area contributed by atoms with Crippen LogP contribution in [0.1, 0.15) is 12.1 Å². The maximum atomic E-state index is 11.0. The van der Waals surface area contributed by atoms with Crippen LogP contribution in [0.2, 0.25) is 0 Å². The monoisotopic (exact) mass is 268 g/mol. The first-order valence-electron chi connectivity index (χ1n) is 5.70. The van der Waals surface area contributed by atoms with E-state index >= 15 is 0 Å². The molecule has 0 unspecified atom stereocenters. The molecule has 0 radical (unpaired) electrons. The second-order valence-electron chi connectivity index (χ2n) is 4.28. The first-order chi connectivity index (χ1) is 8.46. The van der Waals surface area contributed by atoms with Crippen molar-refractivity contribution >= 4 is 21.4 Å². The van der Waals surface area contributed by atoms with Gasteiger partial charge in [-0.2, -0.15) is 4.98 Å². The highest BCUT2D eigenvalue weighted by atomic mass is 32.2. The van der Waals surface area contributed by atoms with E-state index in [2.05, 4.69) is 15.4 Å². The fraction of sp³-hybridized carbons (Fsp3) is 0.455. The third kappa shape index (κ3) is 3.19. The quantitative estimate of drug-likeness (QED) is 0.815. The van der Waals surface area contributed by atoms with Crippen LogP contribution < -0.4 is 5.32 Å². The van der Waals surface area contributed by atoms with E-state index in [1.165, 1.54) is 6.26 Å². The lowest BCUT2D eigenvalue weighted by Crippen LogP contribution is -2.10. The van der Waals surface area contributed by atoms with E-state index in [0.717, 1.165) is 11.3 Å². The Morgan fingerprint density at radius 1 is 1.39 bits per heavy atom. The van der Waals surface area contributed by atoms with Crippen molar-refractivity contribution in [3.8, 4) is 0 Å². The van der Waals surface area contributed by atoms with Crippen LogP contribution in [-0.2, 0) is 9.84 Å². The van der Waals surface area contributed by atoms with Crippen molar-refractivity contribution in [1.82, 2.24) is 14.6 Å². The summed E-state index contributed by atoms with van der Waals surface area (Å²) >= 11 is 0. The molecule has 0 bridgehead atoms. The summed E-state index contributed by atoms with van der Waals surface area (Å²) in [4.78, 5) is 4.30. The predicted octanol–water partition coefficient (Wildman–Crippen LogP) is 0.884. The first kappa shape index (κ1) is 12.8. The average molecular weight is 268 g/mol. The lowest BCUT2D eigenvalue weighted by molar-refractivity contribution is 0.600. The number of hydrogen-bond acceptors (Lipinski definition) is 5. The fourth-order valence-electron chi connectivity index (χ4n) is 1.65. The molecule has 0 aliphatic carbocycles. The molecule has 2 aromatic rings. The largest absolute Gasteiger partial charge is 0.353 e. The zero-order chi connectivity index (χ0) is 13.2. The van der Waals surface area contributed by atoms with Crippen molar-refractivity contribution < 1.29 is 8.42 Å². The minimum atomic E-state index is -2.90. The van der Waals surface area contributed by atoms with Gasteiger partial charge in [0.15, 0.2) is 5.65 Å². The molecule has 0 saturated heterocycles. The number of nitrogens with one attached hydrogen (secondary N) is 1. The Kier molecular flexibility index (Phi) is 3.51. The second-order valence-corrected chi connectivity index (χ2v) is 6.54. The van der Waals surface area contributed by atoms with Gasteiger partial charge in [0.1, 0.15) is 9.84 Å². The van der Waals surface area contributed by atoms with Gasteiger partial charge in [-0.15, -0.1) is 5.10 Å². The minimum absolute atomic E-state index is 0.173. The third-order valence-corrected chi connectivity index (χ3v) is 3.55. The van der Waals surface area contributed by atoms with Crippen molar-refractivity contribution in [2.24, 2.45) is 0 Å². The van der Waals surface area contributed by atoms with Gasteiger partial charge >= 0.3 is 0 Å². The molecule has 0 aliphatic rings. The summed E-state index contributed by atoms with van der Waals surface area (Å²) in [6, 6.07) is 5.75. The molecule has 2 rings (SSSR count). The predicted molar refractivity (Wildman–Crippen MR) is 70.5 cm³/mol. The molecule has 0 amide bonds. The van der Waals surface area contributed by atoms with Crippen molar-refractivity contribution in [1.29, 1.82) is 0 Å². The van der Waals surface area contributed by atoms with Gasteiger partial charge in [-0.05, 0) is 25.5 Å². The summed E-state index contributed by atoms with van der Waals surface area (Å²) in [6.45, 7) is 2.50. The lowest BCUT2D eigenvalue weighted by Gasteiger charge is -2.00. The minimum Gasteiger partial charge on any atom is -0.353 e. The Hall–Kier alpha value is -1.63. The lowest BCUT2D eigenvalue weighted by atomic mass is 10.4. The van der Waals surface area contributed by atoms with Gasteiger partial charge in [0, 0.05) is 18.5 Å². The van der Waals surface area contributed by atoms with E-state index in [1.807, 2.05) is 25.1 Å². The summed E-state index contributed by atoms with van der Waals surface area (Å²) in [5.74, 6) is 0.699. The molecule has 7 heteroatoms. The van der Waals surface area contributed by atoms with Gasteiger partial charge in [0.25, 0.3) is 0 Å². The summed E-state index contributed by atoms with van der Waals surface area (Å²) in [7, 11) is -2.90. The number of rotatable bonds is 5. The molecule has 0 spiro atoms. The van der Waals surface area contributed by atoms with Crippen LogP contribution in [0.15, 0.2) is 18.2 Å². The van der Waals surface area contributed by atoms with Gasteiger partial charge in [0.2, 0.25) is 5.95 Å². The molecule has 18 heavy (non-hydrogen) atoms. The van der Waals surface area contributed by atoms with E-state index in [-0.39, 0.29) is 5.75 Å². The molecule has 98 valence electrons. The summed E-state index contributed by atoms with van der Waals surface area (Å²) in [5.41, 5.74) is 1.78. The zero-order valence-corrected chi connectivity index (χ0v) is 11.2. The number of aryl methyl sites for hydroxylation is 1. The summed E-state index contributed by atoms with van der Waals surface area (Å²) < 4.78 is 23.7. The maximum absolute atomic E-state index is 11.0. The number of pyridine rings is 1. The van der Waals surface area contributed by atoms with Gasteiger partial charge in [0.05, 0.1) is 5.75 Å². The Morgan fingerprint density at radius 3 is 2.83 bits per heavy atom. The molecule has 0 fully saturated rings. The highest BCUT2D eigenvalue weighted by Gasteiger charge is 2.05. The van der Waals surface area contributed by atoms with E-state index in [4.69, 9.17) is 0 Å². The van der Waals surface area contributed by atoms with Gasteiger partial charge < -0.3 is 5.32 Å². The number of aromatic nitrogens is 3. The van der Waals surface area contributed by atoms with Crippen LogP contribution in [0.4, 0.5) is 5.95 Å². The number of hydrogen-bond donors (Lipinski definition) is 1. The van der Waals surface area contributed by atoms with E-state index in [1.54, 1.807) is 4.52 Å². The maximum Gasteiger partial charge on any atom is 0.243 e. The van der Waals surface area contributed by atoms with Gasteiger partial charge in [-0.25, -0.2) is 12.9 Å². The van der Waals surface area contributed by atoms with Crippen molar-refractivity contribution in [2.45, 2.75) is 13.3 Å². The van der Waals surface area contributed by atoms with Crippen LogP contribution in [-0.4, -0.2) is 41.6 Å². The van der Waals surface area contributed by atoms with Crippen molar-refractivity contribution in [2.75, 3.05) is 23.9 Å². The fourth-order valence-corrected chi connectivity index (χ4v) is 2.31. The molecule has 0 aliphatic heterocycles. The van der Waals surface area contributed by atoms with Crippen LogP contribution in [0.25, 0.3) is 5.65 Å². The number of anilines is 1. The summed E-state index contributed by atoms with van der Waals surface area (Å²) in [5, 5.41) is 7.32. The molecule has 0 aromatic carbocycles. The topological polar surface area (TPSA) is 76.4 Å². The normalized spacial score (nSPS) is 11.9. The molecule has 6 nitrogen and oxygen atoms in total. The standard InChI is InChI=1S/C11H16N4O2S/c1-9-5-3-6-10-13-11(14-15(9)10)12-7-4-8-18(2,16)17/h3,5-6H,4,7-8H2,1-2H3,(H,12,14). The highest BCUT2D eigenvalue weighted by Crippen LogP contribution is 2.07. The van der Waals surface area contributed by atoms with Crippen LogP contribution in [0, 0.1) is 6.92 Å². The SMILES string of the molecule is Cc1cccc2nc(NCCCS(C)(=O)=O)nn12. The zero-order valence-electron chi connectivity index (χ0n) is 10.4. The Bertz CT molecular complexity index is 648. The Balaban J connectivity index is 1.98. The Labute approximate surface area is 106 Å². The van der Waals surface area contributed by atoms with Gasteiger partial charge in [-0.3, -0.25) is 0 Å². The van der Waals surface area contributed by atoms with Crippen molar-refractivity contribution in [3.05, 3.63) is 23.9 Å². The molecule has 2 aromatic heterocycles. The van der Waals surface area contributed by atoms with Crippen molar-refractivity contribution in [3.63, 3.8) is 0 Å². The summed E-state index contributed by atoms with van der Waals surface area (Å²) in [6.07, 6.45) is 1.78. The number of nitrogens with zero attached hydrogens (tertiary/aromatic N) is 3.